The molecule has 0 aliphatic heterocycles. The van der Waals surface area contributed by atoms with Crippen LogP contribution in [0, 0.1) is 0 Å². The third kappa shape index (κ3) is 2.86. The van der Waals surface area contributed by atoms with E-state index in [0.717, 1.165) is 16.5 Å². The Bertz CT molecular complexity index is 886. The highest BCUT2D eigenvalue weighted by atomic mass is 35.5. The molecule has 0 bridgehead atoms. The van der Waals surface area contributed by atoms with Crippen LogP contribution in [0.25, 0.3) is 22.2 Å². The van der Waals surface area contributed by atoms with Gasteiger partial charge < -0.3 is 9.30 Å². The highest BCUT2D eigenvalue weighted by molar-refractivity contribution is 6.30. The number of alkyl halides is 1. The third-order valence-electron chi connectivity index (χ3n) is 3.56. The van der Waals surface area contributed by atoms with E-state index in [1.807, 2.05) is 17.8 Å². The van der Waals surface area contributed by atoms with E-state index < -0.39 is 5.67 Å². The van der Waals surface area contributed by atoms with Gasteiger partial charge in [0, 0.05) is 30.3 Å². The first-order valence-electron chi connectivity index (χ1n) is 7.03. The van der Waals surface area contributed by atoms with Crippen molar-refractivity contribution in [3.63, 3.8) is 0 Å². The van der Waals surface area contributed by atoms with Crippen molar-refractivity contribution >= 4 is 22.5 Å². The molecule has 5 nitrogen and oxygen atoms in total. The van der Waals surface area contributed by atoms with Gasteiger partial charge in [-0.15, -0.1) is 0 Å². The highest BCUT2D eigenvalue weighted by Gasteiger charge is 2.25. The number of ether oxygens (including phenoxy) is 1. The molecule has 3 rings (SSSR count). The molecule has 0 N–H and O–H groups in total. The van der Waals surface area contributed by atoms with Gasteiger partial charge in [-0.1, -0.05) is 11.6 Å². The minimum Gasteiger partial charge on any atom is -0.481 e. The molecular formula is C16H16ClFN4O. The lowest BCUT2D eigenvalue weighted by Gasteiger charge is -2.14. The third-order valence-corrected chi connectivity index (χ3v) is 3.77. The molecule has 7 heteroatoms. The summed E-state index contributed by atoms with van der Waals surface area (Å²) in [6.45, 7) is 2.82. The van der Waals surface area contributed by atoms with Crippen molar-refractivity contribution in [1.82, 2.24) is 19.5 Å². The van der Waals surface area contributed by atoms with Crippen molar-refractivity contribution in [3.05, 3.63) is 35.5 Å². The topological polar surface area (TPSA) is 52.8 Å². The van der Waals surface area contributed by atoms with Crippen LogP contribution < -0.4 is 4.74 Å². The first-order chi connectivity index (χ1) is 10.8. The monoisotopic (exact) mass is 334 g/mol. The Balaban J connectivity index is 2.28. The second-order valence-electron chi connectivity index (χ2n) is 5.77. The van der Waals surface area contributed by atoms with Crippen molar-refractivity contribution in [2.45, 2.75) is 19.5 Å². The molecule has 3 heterocycles. The van der Waals surface area contributed by atoms with Crippen LogP contribution in [0.1, 0.15) is 19.7 Å². The van der Waals surface area contributed by atoms with Gasteiger partial charge in [0.2, 0.25) is 5.88 Å². The fourth-order valence-corrected chi connectivity index (χ4v) is 2.55. The van der Waals surface area contributed by atoms with E-state index >= 15 is 0 Å². The molecule has 23 heavy (non-hydrogen) atoms. The van der Waals surface area contributed by atoms with Gasteiger partial charge in [0.1, 0.15) is 5.15 Å². The molecule has 0 saturated carbocycles. The van der Waals surface area contributed by atoms with Crippen LogP contribution in [0.2, 0.25) is 5.15 Å². The number of nitrogens with zero attached hydrogens (tertiary/aromatic N) is 4. The minimum absolute atomic E-state index is 0.0732. The lowest BCUT2D eigenvalue weighted by atomic mass is 10.1. The zero-order valence-corrected chi connectivity index (χ0v) is 14.0. The molecule has 0 atom stereocenters. The number of rotatable bonds is 3. The smallest absolute Gasteiger partial charge is 0.217 e. The second kappa shape index (κ2) is 5.45. The molecule has 0 radical (unpaired) electrons. The Morgan fingerprint density at radius 3 is 2.65 bits per heavy atom. The Hall–Kier alpha value is -2.21. The number of hydrogen-bond acceptors (Lipinski definition) is 4. The number of methoxy groups -OCH3 is 1. The molecule has 0 aliphatic carbocycles. The van der Waals surface area contributed by atoms with Gasteiger partial charge >= 0.3 is 0 Å². The van der Waals surface area contributed by atoms with Gasteiger partial charge in [0.25, 0.3) is 0 Å². The van der Waals surface area contributed by atoms with Gasteiger partial charge in [0.15, 0.2) is 11.5 Å². The van der Waals surface area contributed by atoms with E-state index in [2.05, 4.69) is 15.0 Å². The quantitative estimate of drug-likeness (QED) is 0.682. The summed E-state index contributed by atoms with van der Waals surface area (Å²) in [5.74, 6) is 0.386. The summed E-state index contributed by atoms with van der Waals surface area (Å²) in [5.41, 5.74) is 0.624. The summed E-state index contributed by atoms with van der Waals surface area (Å²) < 4.78 is 21.4. The average molecular weight is 335 g/mol. The Morgan fingerprint density at radius 1 is 1.26 bits per heavy atom. The number of aryl methyl sites for hydroxylation is 1. The molecule has 3 aromatic rings. The molecule has 120 valence electrons. The Morgan fingerprint density at radius 2 is 2.00 bits per heavy atom. The van der Waals surface area contributed by atoms with E-state index in [1.165, 1.54) is 21.0 Å². The van der Waals surface area contributed by atoms with Crippen molar-refractivity contribution in [2.75, 3.05) is 7.11 Å². The normalized spacial score (nSPS) is 11.9. The largest absolute Gasteiger partial charge is 0.481 e. The lowest BCUT2D eigenvalue weighted by Crippen LogP contribution is -2.15. The van der Waals surface area contributed by atoms with Crippen LogP contribution in [-0.2, 0) is 12.7 Å². The lowest BCUT2D eigenvalue weighted by molar-refractivity contribution is 0.204. The fraction of sp³-hybridized carbons (Fsp3) is 0.312. The Labute approximate surface area is 138 Å². The zero-order chi connectivity index (χ0) is 16.8. The van der Waals surface area contributed by atoms with Gasteiger partial charge in [-0.2, -0.15) is 4.98 Å². The summed E-state index contributed by atoms with van der Waals surface area (Å²) in [4.78, 5) is 12.6. The van der Waals surface area contributed by atoms with Crippen LogP contribution >= 0.6 is 11.6 Å². The number of pyridine rings is 1. The molecule has 0 unspecified atom stereocenters. The molecule has 0 amide bonds. The first kappa shape index (κ1) is 15.7. The van der Waals surface area contributed by atoms with Crippen LogP contribution in [0.15, 0.2) is 24.5 Å². The maximum absolute atomic E-state index is 14.3. The summed E-state index contributed by atoms with van der Waals surface area (Å²) in [6, 6.07) is 3.44. The number of fused-ring (bicyclic) bond motifs is 1. The van der Waals surface area contributed by atoms with Crippen LogP contribution in [0.4, 0.5) is 4.39 Å². The zero-order valence-electron chi connectivity index (χ0n) is 13.3. The maximum Gasteiger partial charge on any atom is 0.217 e. The van der Waals surface area contributed by atoms with E-state index in [9.17, 15) is 4.39 Å². The van der Waals surface area contributed by atoms with Crippen LogP contribution in [-0.4, -0.2) is 26.6 Å². The SMILES string of the molecule is COc1cc(-c2cn(C)c3cnc(Cl)cc23)nc(C(C)(C)F)n1. The standard InChI is InChI=1S/C16H16ClFN4O/c1-16(2,18)15-20-11(6-14(21-15)23-4)10-8-22(3)12-7-19-13(17)5-9(10)12/h5-8H,1-4H3. The van der Waals surface area contributed by atoms with E-state index in [-0.39, 0.29) is 5.82 Å². The first-order valence-corrected chi connectivity index (χ1v) is 7.41. The summed E-state index contributed by atoms with van der Waals surface area (Å²) in [5, 5.41) is 1.27. The Kier molecular flexibility index (Phi) is 3.72. The van der Waals surface area contributed by atoms with Crippen molar-refractivity contribution < 1.29 is 9.13 Å². The van der Waals surface area contributed by atoms with Crippen molar-refractivity contribution in [3.8, 4) is 17.1 Å². The number of hydrogen-bond donors (Lipinski definition) is 0. The molecular weight excluding hydrogens is 319 g/mol. The molecule has 0 aromatic carbocycles. The minimum atomic E-state index is -1.67. The van der Waals surface area contributed by atoms with Gasteiger partial charge in [-0.05, 0) is 19.9 Å². The van der Waals surface area contributed by atoms with Crippen LogP contribution in [0.5, 0.6) is 5.88 Å². The van der Waals surface area contributed by atoms with Gasteiger partial charge in [-0.25, -0.2) is 14.4 Å². The highest BCUT2D eigenvalue weighted by Crippen LogP contribution is 2.33. The van der Waals surface area contributed by atoms with Crippen molar-refractivity contribution in [2.24, 2.45) is 7.05 Å². The van der Waals surface area contributed by atoms with Gasteiger partial charge in [0.05, 0.1) is 24.5 Å². The predicted molar refractivity (Wildman–Crippen MR) is 87.4 cm³/mol. The molecule has 0 spiro atoms. The maximum atomic E-state index is 14.3. The summed E-state index contributed by atoms with van der Waals surface area (Å²) in [7, 11) is 3.39. The number of aromatic nitrogens is 4. The van der Waals surface area contributed by atoms with E-state index in [1.54, 1.807) is 18.3 Å². The van der Waals surface area contributed by atoms with Crippen molar-refractivity contribution in [1.29, 1.82) is 0 Å². The molecule has 3 aromatic heterocycles. The van der Waals surface area contributed by atoms with Crippen LogP contribution in [0.3, 0.4) is 0 Å². The summed E-state index contributed by atoms with van der Waals surface area (Å²) >= 11 is 6.01. The molecule has 0 saturated heterocycles. The molecule has 0 fully saturated rings. The average Bonchev–Trinajstić information content (AvgIpc) is 2.82. The number of halogens is 2. The predicted octanol–water partition coefficient (Wildman–Crippen LogP) is 3.90. The summed E-state index contributed by atoms with van der Waals surface area (Å²) in [6.07, 6.45) is 3.60. The van der Waals surface area contributed by atoms with E-state index in [0.29, 0.717) is 16.7 Å². The fourth-order valence-electron chi connectivity index (χ4n) is 2.39. The van der Waals surface area contributed by atoms with Gasteiger partial charge in [-0.3, -0.25) is 0 Å². The molecule has 0 aliphatic rings. The second-order valence-corrected chi connectivity index (χ2v) is 6.16. The van der Waals surface area contributed by atoms with E-state index in [4.69, 9.17) is 16.3 Å².